The zero-order valence-corrected chi connectivity index (χ0v) is 12.1. The van der Waals surface area contributed by atoms with Crippen molar-refractivity contribution in [3.63, 3.8) is 0 Å². The van der Waals surface area contributed by atoms with Crippen LogP contribution in [0.4, 0.5) is 10.1 Å². The van der Waals surface area contributed by atoms with E-state index in [1.807, 2.05) is 0 Å². The van der Waals surface area contributed by atoms with Crippen molar-refractivity contribution < 1.29 is 14.1 Å². The Balaban J connectivity index is 2.00. The lowest BCUT2D eigenvalue weighted by Crippen LogP contribution is -2.26. The van der Waals surface area contributed by atoms with Gasteiger partial charge in [-0.05, 0) is 30.2 Å². The molecular formula is C15H12ClFN2O3. The normalized spacial score (nSPS) is 10.3. The first-order chi connectivity index (χ1) is 10.5. The number of nitrogens with one attached hydrogen (secondary N) is 1. The van der Waals surface area contributed by atoms with Gasteiger partial charge in [-0.2, -0.15) is 0 Å². The van der Waals surface area contributed by atoms with Gasteiger partial charge < -0.3 is 5.32 Å². The van der Waals surface area contributed by atoms with Crippen LogP contribution in [0.5, 0.6) is 0 Å². The van der Waals surface area contributed by atoms with Crippen molar-refractivity contribution in [3.8, 4) is 0 Å². The predicted molar refractivity (Wildman–Crippen MR) is 80.5 cm³/mol. The van der Waals surface area contributed by atoms with Crippen LogP contribution in [0.1, 0.15) is 15.9 Å². The van der Waals surface area contributed by atoms with Gasteiger partial charge in [0.05, 0.1) is 15.5 Å². The van der Waals surface area contributed by atoms with Crippen LogP contribution in [0.15, 0.2) is 42.5 Å². The largest absolute Gasteiger partial charge is 0.352 e. The van der Waals surface area contributed by atoms with Crippen LogP contribution in [0.3, 0.4) is 0 Å². The maximum Gasteiger partial charge on any atom is 0.270 e. The summed E-state index contributed by atoms with van der Waals surface area (Å²) in [5.41, 5.74) is 0.570. The number of carbonyl (C=O) groups is 1. The molecule has 7 heteroatoms. The second-order valence-electron chi connectivity index (χ2n) is 4.56. The van der Waals surface area contributed by atoms with Gasteiger partial charge in [0.2, 0.25) is 0 Å². The van der Waals surface area contributed by atoms with E-state index in [0.29, 0.717) is 6.42 Å². The molecule has 2 aromatic rings. The third kappa shape index (κ3) is 4.02. The second kappa shape index (κ2) is 7.00. The molecule has 0 atom stereocenters. The van der Waals surface area contributed by atoms with Gasteiger partial charge in [-0.15, -0.1) is 0 Å². The molecule has 0 aliphatic carbocycles. The van der Waals surface area contributed by atoms with Gasteiger partial charge in [-0.1, -0.05) is 23.7 Å². The van der Waals surface area contributed by atoms with Crippen LogP contribution in [0.25, 0.3) is 0 Å². The number of carbonyl (C=O) groups excluding carboxylic acids is 1. The monoisotopic (exact) mass is 322 g/mol. The minimum absolute atomic E-state index is 0.0371. The average molecular weight is 323 g/mol. The van der Waals surface area contributed by atoms with E-state index in [0.717, 1.165) is 11.6 Å². The highest BCUT2D eigenvalue weighted by molar-refractivity contribution is 6.33. The van der Waals surface area contributed by atoms with Crippen LogP contribution in [-0.2, 0) is 6.42 Å². The minimum atomic E-state index is -0.597. The number of amides is 1. The Morgan fingerprint density at radius 1 is 1.27 bits per heavy atom. The van der Waals surface area contributed by atoms with E-state index >= 15 is 0 Å². The first-order valence-electron chi connectivity index (χ1n) is 6.44. The molecule has 0 spiro atoms. The van der Waals surface area contributed by atoms with E-state index in [2.05, 4.69) is 5.32 Å². The number of nitro groups is 1. The third-order valence-corrected chi connectivity index (χ3v) is 3.32. The lowest BCUT2D eigenvalue weighted by molar-refractivity contribution is -0.384. The molecule has 0 aromatic heterocycles. The molecule has 0 unspecified atom stereocenters. The van der Waals surface area contributed by atoms with E-state index in [1.54, 1.807) is 12.1 Å². The lowest BCUT2D eigenvalue weighted by Gasteiger charge is -2.07. The Kier molecular flexibility index (Phi) is 5.06. The molecule has 1 amide bonds. The summed E-state index contributed by atoms with van der Waals surface area (Å²) in [6.07, 6.45) is 0.441. The van der Waals surface area contributed by atoms with Crippen molar-refractivity contribution in [2.45, 2.75) is 6.42 Å². The molecule has 22 heavy (non-hydrogen) atoms. The van der Waals surface area contributed by atoms with Crippen molar-refractivity contribution >= 4 is 23.2 Å². The van der Waals surface area contributed by atoms with Crippen molar-refractivity contribution in [3.05, 3.63) is 74.5 Å². The Labute approximate surface area is 130 Å². The van der Waals surface area contributed by atoms with E-state index in [4.69, 9.17) is 11.6 Å². The van der Waals surface area contributed by atoms with Gasteiger partial charge in [0.15, 0.2) is 0 Å². The number of rotatable bonds is 5. The number of non-ortho nitro benzene ring substituents is 1. The number of nitrogens with zero attached hydrogens (tertiary/aromatic N) is 1. The maximum atomic E-state index is 13.0. The molecule has 0 saturated heterocycles. The average Bonchev–Trinajstić information content (AvgIpc) is 2.47. The Hall–Kier alpha value is -2.47. The molecule has 0 heterocycles. The quantitative estimate of drug-likeness (QED) is 0.677. The van der Waals surface area contributed by atoms with Gasteiger partial charge in [0.25, 0.3) is 11.6 Å². The Bertz CT molecular complexity index is 722. The molecule has 114 valence electrons. The van der Waals surface area contributed by atoms with Crippen LogP contribution >= 0.6 is 11.6 Å². The molecule has 5 nitrogen and oxygen atoms in total. The second-order valence-corrected chi connectivity index (χ2v) is 4.96. The van der Waals surface area contributed by atoms with E-state index in [-0.39, 0.29) is 28.6 Å². The molecule has 1 N–H and O–H groups in total. The van der Waals surface area contributed by atoms with E-state index in [9.17, 15) is 19.3 Å². The van der Waals surface area contributed by atoms with Gasteiger partial charge in [0.1, 0.15) is 5.82 Å². The summed E-state index contributed by atoms with van der Waals surface area (Å²) in [4.78, 5) is 22.1. The van der Waals surface area contributed by atoms with Gasteiger partial charge >= 0.3 is 0 Å². The van der Waals surface area contributed by atoms with E-state index in [1.165, 1.54) is 24.3 Å². The molecule has 0 bridgehead atoms. The molecule has 2 rings (SSSR count). The topological polar surface area (TPSA) is 72.2 Å². The standard InChI is InChI=1S/C15H12ClFN2O3/c16-14-5-4-12(19(21)22)9-13(14)15(20)18-7-6-10-2-1-3-11(17)8-10/h1-5,8-9H,6-7H2,(H,18,20). The minimum Gasteiger partial charge on any atom is -0.352 e. The van der Waals surface area contributed by atoms with Crippen LogP contribution in [-0.4, -0.2) is 17.4 Å². The number of nitro benzene ring substituents is 1. The molecular weight excluding hydrogens is 311 g/mol. The first kappa shape index (κ1) is 15.9. The first-order valence-corrected chi connectivity index (χ1v) is 6.82. The summed E-state index contributed by atoms with van der Waals surface area (Å²) >= 11 is 5.88. The molecule has 0 fully saturated rings. The summed E-state index contributed by atoms with van der Waals surface area (Å²) in [7, 11) is 0. The van der Waals surface area contributed by atoms with E-state index < -0.39 is 10.8 Å². The lowest BCUT2D eigenvalue weighted by atomic mass is 10.1. The molecule has 0 radical (unpaired) electrons. The molecule has 0 aliphatic heterocycles. The SMILES string of the molecule is O=C(NCCc1cccc(F)c1)c1cc([N+](=O)[O-])ccc1Cl. The van der Waals surface area contributed by atoms with Crippen molar-refractivity contribution in [1.82, 2.24) is 5.32 Å². The molecule has 0 aliphatic rings. The summed E-state index contributed by atoms with van der Waals surface area (Å²) in [6.45, 7) is 0.265. The van der Waals surface area contributed by atoms with Crippen LogP contribution in [0.2, 0.25) is 5.02 Å². The Morgan fingerprint density at radius 2 is 2.05 bits per heavy atom. The predicted octanol–water partition coefficient (Wildman–Crippen LogP) is 3.36. The fourth-order valence-electron chi connectivity index (χ4n) is 1.91. The van der Waals surface area contributed by atoms with Crippen molar-refractivity contribution in [2.24, 2.45) is 0 Å². The zero-order valence-electron chi connectivity index (χ0n) is 11.4. The fraction of sp³-hybridized carbons (Fsp3) is 0.133. The fourth-order valence-corrected chi connectivity index (χ4v) is 2.11. The molecule has 2 aromatic carbocycles. The number of benzene rings is 2. The molecule has 0 saturated carbocycles. The summed E-state index contributed by atoms with van der Waals surface area (Å²) < 4.78 is 13.0. The third-order valence-electron chi connectivity index (χ3n) is 2.99. The smallest absolute Gasteiger partial charge is 0.270 e. The van der Waals surface area contributed by atoms with Gasteiger partial charge in [-0.3, -0.25) is 14.9 Å². The van der Waals surface area contributed by atoms with Gasteiger partial charge in [-0.25, -0.2) is 4.39 Å². The Morgan fingerprint density at radius 3 is 2.73 bits per heavy atom. The zero-order chi connectivity index (χ0) is 16.1. The van der Waals surface area contributed by atoms with Crippen LogP contribution < -0.4 is 5.32 Å². The highest BCUT2D eigenvalue weighted by Gasteiger charge is 2.15. The van der Waals surface area contributed by atoms with Crippen molar-refractivity contribution in [2.75, 3.05) is 6.54 Å². The highest BCUT2D eigenvalue weighted by Crippen LogP contribution is 2.21. The number of hydrogen-bond acceptors (Lipinski definition) is 3. The number of hydrogen-bond donors (Lipinski definition) is 1. The highest BCUT2D eigenvalue weighted by atomic mass is 35.5. The number of halogens is 2. The summed E-state index contributed by atoms with van der Waals surface area (Å²) in [6, 6.07) is 9.71. The van der Waals surface area contributed by atoms with Gasteiger partial charge in [0, 0.05) is 18.7 Å². The summed E-state index contributed by atoms with van der Waals surface area (Å²) in [5, 5.41) is 13.5. The summed E-state index contributed by atoms with van der Waals surface area (Å²) in [5.74, 6) is -0.851. The van der Waals surface area contributed by atoms with Crippen LogP contribution in [0, 0.1) is 15.9 Å². The maximum absolute atomic E-state index is 13.0. The van der Waals surface area contributed by atoms with Crippen molar-refractivity contribution in [1.29, 1.82) is 0 Å².